The number of hydrogen-bond donors (Lipinski definition) is 1. The Hall–Kier alpha value is -0.340. The Morgan fingerprint density at radius 3 is 2.53 bits per heavy atom. The van der Waals surface area contributed by atoms with E-state index in [9.17, 15) is 5.11 Å². The van der Waals surface area contributed by atoms with E-state index in [2.05, 4.69) is 13.5 Å². The van der Waals surface area contributed by atoms with Crippen molar-refractivity contribution in [2.45, 2.75) is 71.0 Å². The van der Waals surface area contributed by atoms with Gasteiger partial charge < -0.3 is 9.84 Å². The Labute approximate surface area is 106 Å². The standard InChI is InChI=1S/C15H28O2/c1-5-17-15(10-8-13(4)9-11-15)14(16)7-6-12(2)3/h13-14,16H,2,5-11H2,1,3-4H3. The van der Waals surface area contributed by atoms with E-state index in [0.29, 0.717) is 6.61 Å². The molecule has 1 aliphatic carbocycles. The third-order valence-electron chi connectivity index (χ3n) is 4.00. The lowest BCUT2D eigenvalue weighted by Crippen LogP contribution is -2.47. The topological polar surface area (TPSA) is 29.5 Å². The van der Waals surface area contributed by atoms with E-state index in [1.54, 1.807) is 0 Å². The van der Waals surface area contributed by atoms with Crippen molar-refractivity contribution < 1.29 is 9.84 Å². The molecule has 2 nitrogen and oxygen atoms in total. The summed E-state index contributed by atoms with van der Waals surface area (Å²) in [5.41, 5.74) is 0.858. The fourth-order valence-electron chi connectivity index (χ4n) is 2.76. The molecule has 2 heteroatoms. The monoisotopic (exact) mass is 240 g/mol. The SMILES string of the molecule is C=C(C)CCC(O)C1(OCC)CCC(C)CC1. The molecular weight excluding hydrogens is 212 g/mol. The molecule has 0 saturated heterocycles. The van der Waals surface area contributed by atoms with Crippen molar-refractivity contribution in [2.75, 3.05) is 6.61 Å². The highest BCUT2D eigenvalue weighted by molar-refractivity contribution is 4.96. The molecule has 1 saturated carbocycles. The zero-order chi connectivity index (χ0) is 12.9. The van der Waals surface area contributed by atoms with Gasteiger partial charge in [-0.2, -0.15) is 0 Å². The van der Waals surface area contributed by atoms with Crippen LogP contribution in [0.4, 0.5) is 0 Å². The number of aliphatic hydroxyl groups excluding tert-OH is 1. The van der Waals surface area contributed by atoms with Crippen LogP contribution in [0.15, 0.2) is 12.2 Å². The van der Waals surface area contributed by atoms with E-state index in [0.717, 1.165) is 37.2 Å². The van der Waals surface area contributed by atoms with Gasteiger partial charge in [0.2, 0.25) is 0 Å². The zero-order valence-corrected chi connectivity index (χ0v) is 11.7. The molecule has 1 unspecified atom stereocenters. The van der Waals surface area contributed by atoms with Gasteiger partial charge in [0.05, 0.1) is 11.7 Å². The number of allylic oxidation sites excluding steroid dienone is 1. The number of rotatable bonds is 6. The smallest absolute Gasteiger partial charge is 0.0940 e. The molecule has 0 bridgehead atoms. The molecule has 1 rings (SSSR count). The summed E-state index contributed by atoms with van der Waals surface area (Å²) in [6.45, 7) is 10.9. The van der Waals surface area contributed by atoms with Gasteiger partial charge >= 0.3 is 0 Å². The van der Waals surface area contributed by atoms with Crippen molar-refractivity contribution in [2.24, 2.45) is 5.92 Å². The summed E-state index contributed by atoms with van der Waals surface area (Å²) in [4.78, 5) is 0. The largest absolute Gasteiger partial charge is 0.390 e. The Kier molecular flexibility index (Phi) is 5.68. The maximum Gasteiger partial charge on any atom is 0.0940 e. The van der Waals surface area contributed by atoms with Crippen molar-refractivity contribution in [1.29, 1.82) is 0 Å². The third-order valence-corrected chi connectivity index (χ3v) is 4.00. The second kappa shape index (κ2) is 6.55. The Balaban J connectivity index is 2.60. The molecule has 0 aromatic rings. The van der Waals surface area contributed by atoms with Crippen LogP contribution >= 0.6 is 0 Å². The first-order valence-corrected chi connectivity index (χ1v) is 6.96. The van der Waals surface area contributed by atoms with E-state index in [1.807, 2.05) is 13.8 Å². The summed E-state index contributed by atoms with van der Waals surface area (Å²) in [6.07, 6.45) is 5.68. The van der Waals surface area contributed by atoms with Crippen LogP contribution in [0.25, 0.3) is 0 Å². The van der Waals surface area contributed by atoms with Crippen molar-refractivity contribution in [3.05, 3.63) is 12.2 Å². The Bertz CT molecular complexity index is 239. The highest BCUT2D eigenvalue weighted by Crippen LogP contribution is 2.38. The van der Waals surface area contributed by atoms with Gasteiger partial charge in [0, 0.05) is 6.61 Å². The summed E-state index contributed by atoms with van der Waals surface area (Å²) < 4.78 is 5.93. The second-order valence-corrected chi connectivity index (χ2v) is 5.69. The molecule has 0 spiro atoms. The van der Waals surface area contributed by atoms with Crippen molar-refractivity contribution >= 4 is 0 Å². The van der Waals surface area contributed by atoms with Crippen LogP contribution in [0.3, 0.4) is 0 Å². The highest BCUT2D eigenvalue weighted by Gasteiger charge is 2.40. The van der Waals surface area contributed by atoms with Gasteiger partial charge in [-0.1, -0.05) is 12.5 Å². The lowest BCUT2D eigenvalue weighted by molar-refractivity contribution is -0.145. The predicted molar refractivity (Wildman–Crippen MR) is 72.0 cm³/mol. The molecule has 100 valence electrons. The summed E-state index contributed by atoms with van der Waals surface area (Å²) in [6, 6.07) is 0. The van der Waals surface area contributed by atoms with Crippen molar-refractivity contribution in [1.82, 2.24) is 0 Å². The summed E-state index contributed by atoms with van der Waals surface area (Å²) in [5, 5.41) is 10.4. The lowest BCUT2D eigenvalue weighted by Gasteiger charge is -2.42. The van der Waals surface area contributed by atoms with E-state index >= 15 is 0 Å². The van der Waals surface area contributed by atoms with Crippen LogP contribution in [0.1, 0.15) is 59.3 Å². The predicted octanol–water partition coefficient (Wildman–Crippen LogP) is 3.69. The van der Waals surface area contributed by atoms with Gasteiger partial charge in [-0.05, 0) is 58.3 Å². The molecule has 0 radical (unpaired) electrons. The number of aliphatic hydroxyl groups is 1. The molecule has 0 amide bonds. The van der Waals surface area contributed by atoms with Gasteiger partial charge in [-0.3, -0.25) is 0 Å². The van der Waals surface area contributed by atoms with Gasteiger partial charge in [0.25, 0.3) is 0 Å². The van der Waals surface area contributed by atoms with Crippen LogP contribution in [-0.2, 0) is 4.74 Å². The molecule has 0 aromatic carbocycles. The van der Waals surface area contributed by atoms with Gasteiger partial charge in [-0.15, -0.1) is 6.58 Å². The van der Waals surface area contributed by atoms with Crippen LogP contribution in [0.2, 0.25) is 0 Å². The third kappa shape index (κ3) is 4.11. The van der Waals surface area contributed by atoms with E-state index in [1.165, 1.54) is 12.8 Å². The first-order valence-electron chi connectivity index (χ1n) is 6.96. The second-order valence-electron chi connectivity index (χ2n) is 5.69. The van der Waals surface area contributed by atoms with Crippen LogP contribution < -0.4 is 0 Å². The fourth-order valence-corrected chi connectivity index (χ4v) is 2.76. The maximum absolute atomic E-state index is 10.4. The fraction of sp³-hybridized carbons (Fsp3) is 0.867. The van der Waals surface area contributed by atoms with E-state index < -0.39 is 0 Å². The molecule has 0 aromatic heterocycles. The normalized spacial score (nSPS) is 31.2. The molecule has 1 aliphatic rings. The summed E-state index contributed by atoms with van der Waals surface area (Å²) >= 11 is 0. The minimum absolute atomic E-state index is 0.281. The average Bonchev–Trinajstić information content (AvgIpc) is 2.29. The van der Waals surface area contributed by atoms with Gasteiger partial charge in [-0.25, -0.2) is 0 Å². The molecular formula is C15H28O2. The quantitative estimate of drug-likeness (QED) is 0.717. The number of ether oxygens (including phenoxy) is 1. The van der Waals surface area contributed by atoms with E-state index in [4.69, 9.17) is 4.74 Å². The average molecular weight is 240 g/mol. The van der Waals surface area contributed by atoms with Gasteiger partial charge in [0.15, 0.2) is 0 Å². The highest BCUT2D eigenvalue weighted by atomic mass is 16.5. The van der Waals surface area contributed by atoms with E-state index in [-0.39, 0.29) is 11.7 Å². The Morgan fingerprint density at radius 1 is 1.47 bits per heavy atom. The van der Waals surface area contributed by atoms with Crippen molar-refractivity contribution in [3.8, 4) is 0 Å². The molecule has 0 heterocycles. The van der Waals surface area contributed by atoms with Gasteiger partial charge in [0.1, 0.15) is 0 Å². The summed E-state index contributed by atoms with van der Waals surface area (Å²) in [5.74, 6) is 0.775. The lowest BCUT2D eigenvalue weighted by atomic mass is 9.75. The molecule has 1 fully saturated rings. The minimum atomic E-state index is -0.341. The molecule has 17 heavy (non-hydrogen) atoms. The molecule has 1 N–H and O–H groups in total. The summed E-state index contributed by atoms with van der Waals surface area (Å²) in [7, 11) is 0. The first-order chi connectivity index (χ1) is 8.00. The Morgan fingerprint density at radius 2 is 2.06 bits per heavy atom. The maximum atomic E-state index is 10.4. The zero-order valence-electron chi connectivity index (χ0n) is 11.7. The van der Waals surface area contributed by atoms with Crippen LogP contribution in [-0.4, -0.2) is 23.4 Å². The first kappa shape index (κ1) is 14.7. The van der Waals surface area contributed by atoms with Crippen LogP contribution in [0, 0.1) is 5.92 Å². The van der Waals surface area contributed by atoms with Crippen LogP contribution in [0.5, 0.6) is 0 Å². The minimum Gasteiger partial charge on any atom is -0.390 e. The molecule has 1 atom stereocenters. The van der Waals surface area contributed by atoms with Crippen molar-refractivity contribution in [3.63, 3.8) is 0 Å². The molecule has 0 aliphatic heterocycles. The number of hydrogen-bond acceptors (Lipinski definition) is 2.